The maximum atomic E-state index is 13.3. The number of ketones is 2. The topological polar surface area (TPSA) is 52.6 Å². The monoisotopic (exact) mass is 362 g/mol. The summed E-state index contributed by atoms with van der Waals surface area (Å²) >= 11 is 0. The molecule has 0 saturated heterocycles. The molecule has 1 aliphatic carbocycles. The molecule has 2 aromatic rings. The van der Waals surface area contributed by atoms with Crippen LogP contribution in [0.1, 0.15) is 56.8 Å². The number of ether oxygens (including phenoxy) is 2. The first-order valence-electron chi connectivity index (χ1n) is 8.72. The SMILES string of the molecule is C=C(C)Cc1c(/C=C\C)c(OC)c2c(c1OC)C(=O)c1ccccc1C2=O. The lowest BCUT2D eigenvalue weighted by Crippen LogP contribution is -2.24. The number of carbonyl (C=O) groups is 2. The zero-order chi connectivity index (χ0) is 19.7. The van der Waals surface area contributed by atoms with E-state index in [1.165, 1.54) is 14.2 Å². The fourth-order valence-electron chi connectivity index (χ4n) is 3.61. The minimum atomic E-state index is -0.233. The van der Waals surface area contributed by atoms with E-state index < -0.39 is 0 Å². The standard InChI is InChI=1S/C23H22O4/c1-6-9-16-17(12-13(2)3)23(27-5)19-18(22(16)26-4)20(24)14-10-7-8-11-15(14)21(19)25/h6-11H,2,12H2,1,3-5H3/b9-6-. The Kier molecular flexibility index (Phi) is 5.00. The molecule has 1 aliphatic rings. The summed E-state index contributed by atoms with van der Waals surface area (Å²) in [5.74, 6) is 0.344. The Bertz CT molecular complexity index is 996. The van der Waals surface area contributed by atoms with Crippen molar-refractivity contribution in [2.45, 2.75) is 20.3 Å². The number of methoxy groups -OCH3 is 2. The largest absolute Gasteiger partial charge is 0.496 e. The number of allylic oxidation sites excluding steroid dienone is 2. The molecule has 0 bridgehead atoms. The molecule has 2 aromatic carbocycles. The Morgan fingerprint density at radius 1 is 1.00 bits per heavy atom. The van der Waals surface area contributed by atoms with E-state index >= 15 is 0 Å². The third-order valence-corrected chi connectivity index (χ3v) is 4.64. The molecule has 0 heterocycles. The highest BCUT2D eigenvalue weighted by molar-refractivity contribution is 6.30. The Morgan fingerprint density at radius 3 is 1.96 bits per heavy atom. The van der Waals surface area contributed by atoms with Crippen LogP contribution in [0.3, 0.4) is 0 Å². The fourth-order valence-corrected chi connectivity index (χ4v) is 3.61. The second-order valence-corrected chi connectivity index (χ2v) is 6.55. The molecule has 0 radical (unpaired) electrons. The Morgan fingerprint density at radius 2 is 1.52 bits per heavy atom. The van der Waals surface area contributed by atoms with Crippen LogP contribution in [0.5, 0.6) is 11.5 Å². The maximum Gasteiger partial charge on any atom is 0.198 e. The van der Waals surface area contributed by atoms with E-state index in [2.05, 4.69) is 6.58 Å². The van der Waals surface area contributed by atoms with Gasteiger partial charge in [-0.15, -0.1) is 0 Å². The molecule has 0 unspecified atom stereocenters. The first kappa shape index (κ1) is 18.6. The van der Waals surface area contributed by atoms with E-state index in [0.717, 1.165) is 16.7 Å². The quantitative estimate of drug-likeness (QED) is 0.621. The second-order valence-electron chi connectivity index (χ2n) is 6.55. The van der Waals surface area contributed by atoms with Crippen LogP contribution in [-0.2, 0) is 6.42 Å². The average molecular weight is 362 g/mol. The predicted molar refractivity (Wildman–Crippen MR) is 106 cm³/mol. The summed E-state index contributed by atoms with van der Waals surface area (Å²) in [7, 11) is 3.03. The molecule has 4 nitrogen and oxygen atoms in total. The van der Waals surface area contributed by atoms with Gasteiger partial charge in [0.25, 0.3) is 0 Å². The van der Waals surface area contributed by atoms with E-state index in [1.54, 1.807) is 24.3 Å². The van der Waals surface area contributed by atoms with Crippen LogP contribution < -0.4 is 9.47 Å². The Hall–Kier alpha value is -3.14. The number of hydrogen-bond donors (Lipinski definition) is 0. The number of rotatable bonds is 5. The molecular weight excluding hydrogens is 340 g/mol. The van der Waals surface area contributed by atoms with E-state index in [0.29, 0.717) is 29.0 Å². The number of hydrogen-bond acceptors (Lipinski definition) is 4. The van der Waals surface area contributed by atoms with Crippen molar-refractivity contribution in [3.05, 3.63) is 75.9 Å². The van der Waals surface area contributed by atoms with Gasteiger partial charge in [-0.3, -0.25) is 9.59 Å². The molecule has 0 fully saturated rings. The van der Waals surface area contributed by atoms with Gasteiger partial charge in [0, 0.05) is 22.3 Å². The third-order valence-electron chi connectivity index (χ3n) is 4.64. The van der Waals surface area contributed by atoms with Gasteiger partial charge in [0.2, 0.25) is 0 Å². The molecule has 4 heteroatoms. The summed E-state index contributed by atoms with van der Waals surface area (Å²) in [6, 6.07) is 6.84. The summed E-state index contributed by atoms with van der Waals surface area (Å²) in [5, 5.41) is 0. The lowest BCUT2D eigenvalue weighted by atomic mass is 9.79. The molecule has 0 spiro atoms. The van der Waals surface area contributed by atoms with Crippen molar-refractivity contribution in [1.29, 1.82) is 0 Å². The van der Waals surface area contributed by atoms with E-state index in [1.807, 2.05) is 26.0 Å². The van der Waals surface area contributed by atoms with Crippen molar-refractivity contribution in [2.75, 3.05) is 14.2 Å². The van der Waals surface area contributed by atoms with Crippen molar-refractivity contribution in [2.24, 2.45) is 0 Å². The Labute approximate surface area is 159 Å². The molecule has 0 N–H and O–H groups in total. The number of carbonyl (C=O) groups excluding carboxylic acids is 2. The van der Waals surface area contributed by atoms with Crippen LogP contribution >= 0.6 is 0 Å². The van der Waals surface area contributed by atoms with Gasteiger partial charge in [0.05, 0.1) is 25.3 Å². The van der Waals surface area contributed by atoms with Crippen molar-refractivity contribution in [1.82, 2.24) is 0 Å². The van der Waals surface area contributed by atoms with Crippen LogP contribution in [0, 0.1) is 0 Å². The number of benzene rings is 2. The smallest absolute Gasteiger partial charge is 0.198 e. The highest BCUT2D eigenvalue weighted by Crippen LogP contribution is 2.45. The summed E-state index contributed by atoms with van der Waals surface area (Å²) in [5.41, 5.74) is 3.73. The summed E-state index contributed by atoms with van der Waals surface area (Å²) in [6.07, 6.45) is 4.25. The van der Waals surface area contributed by atoms with Gasteiger partial charge >= 0.3 is 0 Å². The van der Waals surface area contributed by atoms with Gasteiger partial charge in [-0.05, 0) is 20.3 Å². The van der Waals surface area contributed by atoms with Crippen molar-refractivity contribution < 1.29 is 19.1 Å². The second kappa shape index (κ2) is 7.23. The van der Waals surface area contributed by atoms with Crippen molar-refractivity contribution in [3.8, 4) is 11.5 Å². The minimum Gasteiger partial charge on any atom is -0.496 e. The lowest BCUT2D eigenvalue weighted by molar-refractivity contribution is 0.0973. The first-order valence-corrected chi connectivity index (χ1v) is 8.72. The van der Waals surface area contributed by atoms with Gasteiger partial charge in [0.1, 0.15) is 11.5 Å². The first-order chi connectivity index (χ1) is 13.0. The molecule has 0 saturated carbocycles. The van der Waals surface area contributed by atoms with Crippen LogP contribution in [-0.4, -0.2) is 25.8 Å². The maximum absolute atomic E-state index is 13.3. The fraction of sp³-hybridized carbons (Fsp3) is 0.217. The van der Waals surface area contributed by atoms with E-state index in [9.17, 15) is 9.59 Å². The van der Waals surface area contributed by atoms with Crippen LogP contribution in [0.15, 0.2) is 42.5 Å². The molecule has 27 heavy (non-hydrogen) atoms. The number of fused-ring (bicyclic) bond motifs is 2. The Balaban J connectivity index is 2.48. The average Bonchev–Trinajstić information content (AvgIpc) is 2.66. The van der Waals surface area contributed by atoms with Crippen molar-refractivity contribution >= 4 is 17.6 Å². The van der Waals surface area contributed by atoms with Gasteiger partial charge in [-0.25, -0.2) is 0 Å². The van der Waals surface area contributed by atoms with E-state index in [-0.39, 0.29) is 22.7 Å². The summed E-state index contributed by atoms with van der Waals surface area (Å²) in [4.78, 5) is 26.5. The van der Waals surface area contributed by atoms with Crippen LogP contribution in [0.2, 0.25) is 0 Å². The van der Waals surface area contributed by atoms with Gasteiger partial charge < -0.3 is 9.47 Å². The zero-order valence-electron chi connectivity index (χ0n) is 16.0. The molecule has 0 atom stereocenters. The normalized spacial score (nSPS) is 12.7. The lowest BCUT2D eigenvalue weighted by Gasteiger charge is -2.26. The summed E-state index contributed by atoms with van der Waals surface area (Å²) in [6.45, 7) is 7.79. The molecule has 3 rings (SSSR count). The molecule has 0 aliphatic heterocycles. The molecular formula is C23H22O4. The highest BCUT2D eigenvalue weighted by atomic mass is 16.5. The highest BCUT2D eigenvalue weighted by Gasteiger charge is 2.37. The predicted octanol–water partition coefficient (Wildman–Crippen LogP) is 4.63. The van der Waals surface area contributed by atoms with Crippen LogP contribution in [0.25, 0.3) is 6.08 Å². The zero-order valence-corrected chi connectivity index (χ0v) is 16.0. The van der Waals surface area contributed by atoms with E-state index in [4.69, 9.17) is 9.47 Å². The third kappa shape index (κ3) is 2.87. The van der Waals surface area contributed by atoms with Gasteiger partial charge in [0.15, 0.2) is 11.6 Å². The van der Waals surface area contributed by atoms with Gasteiger partial charge in [-0.1, -0.05) is 48.6 Å². The van der Waals surface area contributed by atoms with Crippen LogP contribution in [0.4, 0.5) is 0 Å². The van der Waals surface area contributed by atoms with Gasteiger partial charge in [-0.2, -0.15) is 0 Å². The molecule has 138 valence electrons. The molecule has 0 aromatic heterocycles. The summed E-state index contributed by atoms with van der Waals surface area (Å²) < 4.78 is 11.3. The minimum absolute atomic E-state index is 0.231. The molecule has 0 amide bonds. The van der Waals surface area contributed by atoms with Crippen molar-refractivity contribution in [3.63, 3.8) is 0 Å².